The Morgan fingerprint density at radius 3 is 2.76 bits per heavy atom. The number of amides is 1. The summed E-state index contributed by atoms with van der Waals surface area (Å²) in [6.45, 7) is 6.37. The van der Waals surface area contributed by atoms with E-state index in [4.69, 9.17) is 9.26 Å². The van der Waals surface area contributed by atoms with Crippen molar-refractivity contribution >= 4 is 11.9 Å². The summed E-state index contributed by atoms with van der Waals surface area (Å²) in [6, 6.07) is 9.73. The average Bonchev–Trinajstić information content (AvgIpc) is 3.44. The smallest absolute Gasteiger partial charge is 0.258 e. The van der Waals surface area contributed by atoms with Crippen LogP contribution < -0.4 is 9.64 Å². The van der Waals surface area contributed by atoms with Crippen LogP contribution in [0.15, 0.2) is 34.9 Å². The van der Waals surface area contributed by atoms with E-state index in [1.54, 1.807) is 14.0 Å². The highest BCUT2D eigenvalue weighted by Gasteiger charge is 2.49. The Labute approximate surface area is 192 Å². The van der Waals surface area contributed by atoms with Crippen LogP contribution in [0.3, 0.4) is 0 Å². The van der Waals surface area contributed by atoms with Gasteiger partial charge in [-0.3, -0.25) is 4.79 Å². The summed E-state index contributed by atoms with van der Waals surface area (Å²) in [6.07, 6.45) is 2.65. The van der Waals surface area contributed by atoms with Crippen LogP contribution in [-0.2, 0) is 11.3 Å². The second-order valence-corrected chi connectivity index (χ2v) is 8.94. The van der Waals surface area contributed by atoms with Gasteiger partial charge in [0.05, 0.1) is 12.5 Å². The maximum absolute atomic E-state index is 13.8. The molecule has 5 rings (SSSR count). The van der Waals surface area contributed by atoms with Gasteiger partial charge in [0, 0.05) is 43.5 Å². The van der Waals surface area contributed by atoms with E-state index >= 15 is 0 Å². The number of benzene rings is 1. The van der Waals surface area contributed by atoms with Gasteiger partial charge in [0.15, 0.2) is 5.82 Å². The number of hydrogen-bond donors (Lipinski definition) is 0. The fourth-order valence-electron chi connectivity index (χ4n) is 4.97. The SMILES string of the molecule is COc1cc(C)nc(N2CCC3(CCCN(Cc4ccccc4-c4nc(C)no4)C3=O)C2)n1. The van der Waals surface area contributed by atoms with Gasteiger partial charge in [0.2, 0.25) is 17.7 Å². The molecule has 0 radical (unpaired) electrons. The van der Waals surface area contributed by atoms with Gasteiger partial charge in [-0.05, 0) is 44.7 Å². The number of rotatable bonds is 5. The first kappa shape index (κ1) is 21.4. The first-order chi connectivity index (χ1) is 16.0. The number of aromatic nitrogens is 4. The molecule has 4 heterocycles. The molecule has 172 valence electrons. The van der Waals surface area contributed by atoms with E-state index in [1.807, 2.05) is 42.2 Å². The van der Waals surface area contributed by atoms with Gasteiger partial charge in [-0.2, -0.15) is 9.97 Å². The second-order valence-electron chi connectivity index (χ2n) is 8.94. The molecule has 33 heavy (non-hydrogen) atoms. The standard InChI is InChI=1S/C24H28N6O3/c1-16-13-20(32-3)27-23(25-16)30-12-10-24(15-30)9-6-11-29(22(24)31)14-18-7-4-5-8-19(18)21-26-17(2)28-33-21/h4-5,7-8,13H,6,9-12,14-15H2,1-3H3. The molecule has 1 unspecified atom stereocenters. The Kier molecular flexibility index (Phi) is 5.47. The molecule has 0 aliphatic carbocycles. The van der Waals surface area contributed by atoms with Gasteiger partial charge in [0.1, 0.15) is 0 Å². The minimum absolute atomic E-state index is 0.201. The van der Waals surface area contributed by atoms with Crippen LogP contribution in [0.25, 0.3) is 11.5 Å². The molecule has 1 spiro atoms. The molecule has 9 nitrogen and oxygen atoms in total. The monoisotopic (exact) mass is 448 g/mol. The predicted molar refractivity (Wildman–Crippen MR) is 122 cm³/mol. The van der Waals surface area contributed by atoms with Crippen LogP contribution in [-0.4, -0.2) is 57.7 Å². The minimum atomic E-state index is -0.408. The van der Waals surface area contributed by atoms with Crippen LogP contribution in [0.1, 0.15) is 36.3 Å². The zero-order valence-corrected chi connectivity index (χ0v) is 19.2. The molecule has 3 aromatic rings. The molecule has 2 aliphatic heterocycles. The molecule has 0 bridgehead atoms. The molecule has 0 N–H and O–H groups in total. The highest BCUT2D eigenvalue weighted by atomic mass is 16.5. The average molecular weight is 449 g/mol. The fourth-order valence-corrected chi connectivity index (χ4v) is 4.97. The number of piperidine rings is 1. The number of likely N-dealkylation sites (tertiary alicyclic amines) is 1. The second kappa shape index (κ2) is 8.46. The normalized spacial score (nSPS) is 20.6. The summed E-state index contributed by atoms with van der Waals surface area (Å²) in [4.78, 5) is 31.3. The molecule has 2 saturated heterocycles. The molecule has 1 aromatic carbocycles. The largest absolute Gasteiger partial charge is 0.481 e. The Morgan fingerprint density at radius 1 is 1.12 bits per heavy atom. The Hall–Kier alpha value is -3.49. The lowest BCUT2D eigenvalue weighted by molar-refractivity contribution is -0.145. The summed E-state index contributed by atoms with van der Waals surface area (Å²) in [7, 11) is 1.60. The number of methoxy groups -OCH3 is 1. The number of aryl methyl sites for hydroxylation is 2. The van der Waals surface area contributed by atoms with Gasteiger partial charge in [0.25, 0.3) is 5.89 Å². The third-order valence-corrected chi connectivity index (χ3v) is 6.63. The van der Waals surface area contributed by atoms with Crippen molar-refractivity contribution in [3.8, 4) is 17.3 Å². The zero-order valence-electron chi connectivity index (χ0n) is 19.2. The van der Waals surface area contributed by atoms with Crippen LogP contribution in [0.2, 0.25) is 0 Å². The van der Waals surface area contributed by atoms with Crippen molar-refractivity contribution in [3.05, 3.63) is 47.4 Å². The Bertz CT molecular complexity index is 1180. The molecule has 9 heteroatoms. The van der Waals surface area contributed by atoms with E-state index in [0.29, 0.717) is 36.6 Å². The maximum Gasteiger partial charge on any atom is 0.258 e. The lowest BCUT2D eigenvalue weighted by atomic mass is 9.78. The molecule has 1 atom stereocenters. The number of hydrogen-bond acceptors (Lipinski definition) is 8. The Balaban J connectivity index is 1.36. The Morgan fingerprint density at radius 2 is 1.97 bits per heavy atom. The van der Waals surface area contributed by atoms with Crippen LogP contribution in [0.4, 0.5) is 5.95 Å². The van der Waals surface area contributed by atoms with Crippen molar-refractivity contribution in [1.29, 1.82) is 0 Å². The highest BCUT2D eigenvalue weighted by Crippen LogP contribution is 2.42. The van der Waals surface area contributed by atoms with Crippen molar-refractivity contribution in [2.45, 2.75) is 39.7 Å². The van der Waals surface area contributed by atoms with E-state index in [-0.39, 0.29) is 5.91 Å². The molecular weight excluding hydrogens is 420 g/mol. The molecule has 2 aromatic heterocycles. The molecule has 2 aliphatic rings. The van der Waals surface area contributed by atoms with E-state index in [0.717, 1.165) is 49.2 Å². The van der Waals surface area contributed by atoms with Gasteiger partial charge in [-0.25, -0.2) is 4.98 Å². The predicted octanol–water partition coefficient (Wildman–Crippen LogP) is 3.17. The van der Waals surface area contributed by atoms with Crippen LogP contribution in [0, 0.1) is 19.3 Å². The summed E-state index contributed by atoms with van der Waals surface area (Å²) < 4.78 is 10.7. The minimum Gasteiger partial charge on any atom is -0.481 e. The number of carbonyl (C=O) groups is 1. The summed E-state index contributed by atoms with van der Waals surface area (Å²) in [5, 5.41) is 3.92. The van der Waals surface area contributed by atoms with E-state index in [2.05, 4.69) is 25.0 Å². The summed E-state index contributed by atoms with van der Waals surface area (Å²) in [5.74, 6) is 2.45. The van der Waals surface area contributed by atoms with Crippen molar-refractivity contribution in [2.24, 2.45) is 5.41 Å². The van der Waals surface area contributed by atoms with Gasteiger partial charge in [-0.15, -0.1) is 0 Å². The van der Waals surface area contributed by atoms with Gasteiger partial charge >= 0.3 is 0 Å². The van der Waals surface area contributed by atoms with E-state index in [1.165, 1.54) is 0 Å². The quantitative estimate of drug-likeness (QED) is 0.587. The number of nitrogens with zero attached hydrogens (tertiary/aromatic N) is 6. The van der Waals surface area contributed by atoms with Crippen LogP contribution >= 0.6 is 0 Å². The van der Waals surface area contributed by atoms with Crippen molar-refractivity contribution in [1.82, 2.24) is 25.0 Å². The third kappa shape index (κ3) is 4.03. The van der Waals surface area contributed by atoms with Crippen molar-refractivity contribution in [2.75, 3.05) is 31.6 Å². The van der Waals surface area contributed by atoms with Gasteiger partial charge < -0.3 is 19.1 Å². The summed E-state index contributed by atoms with van der Waals surface area (Å²) in [5.41, 5.74) is 2.32. The maximum atomic E-state index is 13.8. The molecule has 2 fully saturated rings. The first-order valence-corrected chi connectivity index (χ1v) is 11.3. The fraction of sp³-hybridized carbons (Fsp3) is 0.458. The van der Waals surface area contributed by atoms with E-state index < -0.39 is 5.41 Å². The third-order valence-electron chi connectivity index (χ3n) is 6.63. The zero-order chi connectivity index (χ0) is 23.0. The topological polar surface area (TPSA) is 97.5 Å². The van der Waals surface area contributed by atoms with Crippen LogP contribution in [0.5, 0.6) is 5.88 Å². The number of carbonyl (C=O) groups excluding carboxylic acids is 1. The lowest BCUT2D eigenvalue weighted by Crippen LogP contribution is -2.49. The van der Waals surface area contributed by atoms with E-state index in [9.17, 15) is 4.79 Å². The molecular formula is C24H28N6O3. The van der Waals surface area contributed by atoms with Gasteiger partial charge in [-0.1, -0.05) is 23.4 Å². The first-order valence-electron chi connectivity index (χ1n) is 11.3. The number of anilines is 1. The highest BCUT2D eigenvalue weighted by molar-refractivity contribution is 5.85. The molecule has 0 saturated carbocycles. The summed E-state index contributed by atoms with van der Waals surface area (Å²) >= 11 is 0. The van der Waals surface area contributed by atoms with Crippen molar-refractivity contribution < 1.29 is 14.1 Å². The van der Waals surface area contributed by atoms with Crippen molar-refractivity contribution in [3.63, 3.8) is 0 Å². The number of ether oxygens (including phenoxy) is 1. The lowest BCUT2D eigenvalue weighted by Gasteiger charge is -2.39. The molecule has 1 amide bonds.